The molecule has 0 bridgehead atoms. The van der Waals surface area contributed by atoms with Gasteiger partial charge in [-0.1, -0.05) is 13.0 Å². The molecule has 0 aromatic heterocycles. The number of hydrogen-bond acceptors (Lipinski definition) is 5. The van der Waals surface area contributed by atoms with Gasteiger partial charge in [-0.15, -0.1) is 0 Å². The molecular weight excluding hydrogens is 412 g/mol. The van der Waals surface area contributed by atoms with Gasteiger partial charge in [0.05, 0.1) is 16.4 Å². The van der Waals surface area contributed by atoms with E-state index in [1.165, 1.54) is 5.56 Å². The number of hydrogen-bond donors (Lipinski definition) is 1. The fourth-order valence-corrected chi connectivity index (χ4v) is 6.74. The molecule has 1 aromatic rings. The molecule has 0 unspecified atom stereocenters. The standard InChI is InChI=1S/C20H30N2O5S2/c1-2-13-29(26,27)21-18-8-11-22(12-9-18)20(23)10-14-28(24,25)19-7-6-16-4-3-5-17(16)15-19/h6-7,15,18,21H,2-5,8-14H2,1H3. The highest BCUT2D eigenvalue weighted by atomic mass is 32.2. The van der Waals surface area contributed by atoms with Crippen molar-refractivity contribution in [1.29, 1.82) is 0 Å². The highest BCUT2D eigenvalue weighted by Gasteiger charge is 2.27. The summed E-state index contributed by atoms with van der Waals surface area (Å²) in [7, 11) is -6.76. The van der Waals surface area contributed by atoms with E-state index in [2.05, 4.69) is 4.72 Å². The van der Waals surface area contributed by atoms with Crippen molar-refractivity contribution in [3.63, 3.8) is 0 Å². The first-order valence-corrected chi connectivity index (χ1v) is 13.6. The number of amides is 1. The summed E-state index contributed by atoms with van der Waals surface area (Å²) >= 11 is 0. The predicted molar refractivity (Wildman–Crippen MR) is 112 cm³/mol. The maximum Gasteiger partial charge on any atom is 0.223 e. The Bertz CT molecular complexity index is 949. The summed E-state index contributed by atoms with van der Waals surface area (Å²) in [6.45, 7) is 2.70. The van der Waals surface area contributed by atoms with Crippen molar-refractivity contribution in [3.05, 3.63) is 29.3 Å². The highest BCUT2D eigenvalue weighted by molar-refractivity contribution is 7.91. The van der Waals surface area contributed by atoms with Crippen LogP contribution in [0.1, 0.15) is 50.2 Å². The molecule has 3 rings (SSSR count). The van der Waals surface area contributed by atoms with Crippen LogP contribution in [-0.2, 0) is 37.5 Å². The molecule has 0 spiro atoms. The van der Waals surface area contributed by atoms with Crippen molar-refractivity contribution in [2.45, 2.75) is 62.8 Å². The molecule has 0 atom stereocenters. The maximum atomic E-state index is 12.6. The van der Waals surface area contributed by atoms with E-state index in [1.807, 2.05) is 13.0 Å². The zero-order valence-corrected chi connectivity index (χ0v) is 18.5. The van der Waals surface area contributed by atoms with Crippen LogP contribution in [0, 0.1) is 0 Å². The summed E-state index contributed by atoms with van der Waals surface area (Å²) in [4.78, 5) is 14.4. The highest BCUT2D eigenvalue weighted by Crippen LogP contribution is 2.25. The summed E-state index contributed by atoms with van der Waals surface area (Å²) in [6, 6.07) is 5.14. The van der Waals surface area contributed by atoms with Crippen LogP contribution < -0.4 is 4.72 Å². The normalized spacial score (nSPS) is 18.0. The van der Waals surface area contributed by atoms with Gasteiger partial charge >= 0.3 is 0 Å². The average Bonchev–Trinajstić information content (AvgIpc) is 3.14. The van der Waals surface area contributed by atoms with Crippen LogP contribution in [0.15, 0.2) is 23.1 Å². The lowest BCUT2D eigenvalue weighted by molar-refractivity contribution is -0.131. The Morgan fingerprint density at radius 3 is 2.45 bits per heavy atom. The van der Waals surface area contributed by atoms with Gasteiger partial charge < -0.3 is 4.90 Å². The first kappa shape index (κ1) is 22.2. The molecule has 1 heterocycles. The maximum absolute atomic E-state index is 12.6. The van der Waals surface area contributed by atoms with E-state index in [0.29, 0.717) is 37.2 Å². The molecule has 1 N–H and O–H groups in total. The number of carbonyl (C=O) groups excluding carboxylic acids is 1. The summed E-state index contributed by atoms with van der Waals surface area (Å²) in [5.41, 5.74) is 2.32. The van der Waals surface area contributed by atoms with Crippen LogP contribution >= 0.6 is 0 Å². The van der Waals surface area contributed by atoms with Gasteiger partial charge in [0.15, 0.2) is 9.84 Å². The molecule has 2 aliphatic rings. The first-order chi connectivity index (χ1) is 13.7. The van der Waals surface area contributed by atoms with Crippen molar-refractivity contribution in [2.24, 2.45) is 0 Å². The van der Waals surface area contributed by atoms with Gasteiger partial charge in [0.2, 0.25) is 15.9 Å². The van der Waals surface area contributed by atoms with Gasteiger partial charge in [0.1, 0.15) is 0 Å². The number of benzene rings is 1. The molecule has 29 heavy (non-hydrogen) atoms. The van der Waals surface area contributed by atoms with Crippen LogP contribution in [0.4, 0.5) is 0 Å². The van der Waals surface area contributed by atoms with Gasteiger partial charge in [0.25, 0.3) is 0 Å². The molecule has 1 fully saturated rings. The van der Waals surface area contributed by atoms with Gasteiger partial charge in [-0.2, -0.15) is 0 Å². The molecule has 0 radical (unpaired) electrons. The number of sulfonamides is 1. The summed E-state index contributed by atoms with van der Waals surface area (Å²) in [5.74, 6) is -0.287. The Morgan fingerprint density at radius 1 is 1.07 bits per heavy atom. The third-order valence-corrected chi connectivity index (χ3v) is 9.03. The zero-order chi connectivity index (χ0) is 21.1. The van der Waals surface area contributed by atoms with Crippen LogP contribution in [0.5, 0.6) is 0 Å². The Balaban J connectivity index is 1.50. The Kier molecular flexibility index (Phi) is 7.01. The molecule has 9 heteroatoms. The molecule has 1 aromatic carbocycles. The van der Waals surface area contributed by atoms with Crippen LogP contribution in [0.3, 0.4) is 0 Å². The monoisotopic (exact) mass is 442 g/mol. The minimum absolute atomic E-state index is 0.0500. The number of aryl methyl sites for hydroxylation is 2. The molecule has 1 saturated heterocycles. The van der Waals surface area contributed by atoms with Crippen molar-refractivity contribution >= 4 is 25.8 Å². The number of nitrogens with one attached hydrogen (secondary N) is 1. The van der Waals surface area contributed by atoms with Gasteiger partial charge in [-0.3, -0.25) is 4.79 Å². The van der Waals surface area contributed by atoms with E-state index in [4.69, 9.17) is 0 Å². The van der Waals surface area contributed by atoms with E-state index < -0.39 is 19.9 Å². The largest absolute Gasteiger partial charge is 0.343 e. The Morgan fingerprint density at radius 2 is 1.76 bits per heavy atom. The van der Waals surface area contributed by atoms with E-state index >= 15 is 0 Å². The molecule has 0 saturated carbocycles. The summed E-state index contributed by atoms with van der Waals surface area (Å²) < 4.78 is 51.7. The van der Waals surface area contributed by atoms with Crippen LogP contribution in [0.2, 0.25) is 0 Å². The fraction of sp³-hybridized carbons (Fsp3) is 0.650. The van der Waals surface area contributed by atoms with Crippen molar-refractivity contribution in [1.82, 2.24) is 9.62 Å². The molecule has 162 valence electrons. The van der Waals surface area contributed by atoms with Gasteiger partial charge in [-0.05, 0) is 61.8 Å². The van der Waals surface area contributed by atoms with Crippen LogP contribution in [0.25, 0.3) is 0 Å². The van der Waals surface area contributed by atoms with E-state index in [-0.39, 0.29) is 29.9 Å². The second-order valence-electron chi connectivity index (χ2n) is 7.94. The molecular formula is C20H30N2O5S2. The van der Waals surface area contributed by atoms with Crippen molar-refractivity contribution < 1.29 is 21.6 Å². The fourth-order valence-electron chi connectivity index (χ4n) is 4.07. The lowest BCUT2D eigenvalue weighted by Gasteiger charge is -2.32. The smallest absolute Gasteiger partial charge is 0.223 e. The van der Waals surface area contributed by atoms with Gasteiger partial charge in [-0.25, -0.2) is 21.6 Å². The Hall–Kier alpha value is -1.45. The quantitative estimate of drug-likeness (QED) is 0.660. The number of carbonyl (C=O) groups is 1. The van der Waals surface area contributed by atoms with Gasteiger partial charge in [0, 0.05) is 25.6 Å². The zero-order valence-electron chi connectivity index (χ0n) is 16.9. The molecule has 1 aliphatic carbocycles. The molecule has 7 nitrogen and oxygen atoms in total. The Labute approximate surface area is 173 Å². The number of fused-ring (bicyclic) bond motifs is 1. The third-order valence-electron chi connectivity index (χ3n) is 5.68. The third kappa shape index (κ3) is 5.79. The molecule has 1 amide bonds. The lowest BCUT2D eigenvalue weighted by atomic mass is 10.1. The number of nitrogens with zero attached hydrogens (tertiary/aromatic N) is 1. The van der Waals surface area contributed by atoms with E-state index in [9.17, 15) is 21.6 Å². The number of rotatable bonds is 8. The van der Waals surface area contributed by atoms with E-state index in [0.717, 1.165) is 24.8 Å². The minimum Gasteiger partial charge on any atom is -0.343 e. The average molecular weight is 443 g/mol. The summed E-state index contributed by atoms with van der Waals surface area (Å²) in [6.07, 6.45) is 4.57. The SMILES string of the molecule is CCCS(=O)(=O)NC1CCN(C(=O)CCS(=O)(=O)c2ccc3c(c2)CCC3)CC1. The predicted octanol–water partition coefficient (Wildman–Crippen LogP) is 1.66. The van der Waals surface area contributed by atoms with E-state index in [1.54, 1.807) is 17.0 Å². The van der Waals surface area contributed by atoms with Crippen molar-refractivity contribution in [3.8, 4) is 0 Å². The topological polar surface area (TPSA) is 101 Å². The summed E-state index contributed by atoms with van der Waals surface area (Å²) in [5, 5.41) is 0. The van der Waals surface area contributed by atoms with Crippen molar-refractivity contribution in [2.75, 3.05) is 24.6 Å². The number of likely N-dealkylation sites (tertiary alicyclic amines) is 1. The first-order valence-electron chi connectivity index (χ1n) is 10.3. The number of sulfone groups is 1. The number of piperidine rings is 1. The lowest BCUT2D eigenvalue weighted by Crippen LogP contribution is -2.47. The second kappa shape index (κ2) is 9.14. The second-order valence-corrected chi connectivity index (χ2v) is 11.9. The van der Waals surface area contributed by atoms with Crippen LogP contribution in [-0.4, -0.2) is 58.3 Å². The molecule has 1 aliphatic heterocycles. The minimum atomic E-state index is -3.50.